The maximum Gasteiger partial charge on any atom is 0.253 e. The van der Waals surface area contributed by atoms with Gasteiger partial charge in [-0.05, 0) is 87.4 Å². The summed E-state index contributed by atoms with van der Waals surface area (Å²) in [6.45, 7) is 7.28. The van der Waals surface area contributed by atoms with Gasteiger partial charge in [-0.25, -0.2) is 0 Å². The summed E-state index contributed by atoms with van der Waals surface area (Å²) in [6, 6.07) is 9.68. The second-order valence-electron chi connectivity index (χ2n) is 10.7. The largest absolute Gasteiger partial charge is 0.371 e. The summed E-state index contributed by atoms with van der Waals surface area (Å²) in [5, 5.41) is 5.97. The predicted octanol–water partition coefficient (Wildman–Crippen LogP) is 3.99. The van der Waals surface area contributed by atoms with Crippen LogP contribution in [-0.4, -0.2) is 47.2 Å². The summed E-state index contributed by atoms with van der Waals surface area (Å²) in [7, 11) is 2.04. The summed E-state index contributed by atoms with van der Waals surface area (Å²) in [4.78, 5) is 57.9. The highest BCUT2D eigenvalue weighted by molar-refractivity contribution is 5.99. The first-order valence-corrected chi connectivity index (χ1v) is 13.6. The fourth-order valence-corrected chi connectivity index (χ4v) is 5.57. The molecule has 0 atom stereocenters. The molecule has 0 saturated heterocycles. The van der Waals surface area contributed by atoms with Crippen LogP contribution in [0.2, 0.25) is 0 Å². The van der Waals surface area contributed by atoms with Crippen LogP contribution in [0.25, 0.3) is 11.1 Å². The van der Waals surface area contributed by atoms with Crippen LogP contribution in [0.3, 0.4) is 0 Å². The van der Waals surface area contributed by atoms with Gasteiger partial charge in [0.1, 0.15) is 5.69 Å². The van der Waals surface area contributed by atoms with Gasteiger partial charge in [0.05, 0.1) is 0 Å². The van der Waals surface area contributed by atoms with E-state index in [0.717, 1.165) is 59.3 Å². The molecule has 3 N–H and O–H groups in total. The highest BCUT2D eigenvalue weighted by Gasteiger charge is 2.27. The van der Waals surface area contributed by atoms with Crippen LogP contribution in [0, 0.1) is 20.8 Å². The maximum absolute atomic E-state index is 13.6. The van der Waals surface area contributed by atoms with Crippen molar-refractivity contribution < 1.29 is 14.4 Å². The molecule has 0 radical (unpaired) electrons. The molecular weight excluding hydrogens is 506 g/mol. The van der Waals surface area contributed by atoms with E-state index in [-0.39, 0.29) is 36.0 Å². The van der Waals surface area contributed by atoms with E-state index in [0.29, 0.717) is 23.1 Å². The fourth-order valence-electron chi connectivity index (χ4n) is 5.57. The standard InChI is InChI=1S/C31H37N5O4/c1-18-12-19(2)34-31(40)28(18)16-33-30(39)27-13-23(22-6-7-25(17-37)32-15-22)14-29(20(27)3)36(5)26-10-8-24(9-11-26)35-21(4)38/h6-7,12-15,17,24,26H,8-11,16H2,1-5H3,(H,33,39)(H,34,40)(H,35,38). The predicted molar refractivity (Wildman–Crippen MR) is 156 cm³/mol. The first kappa shape index (κ1) is 28.7. The van der Waals surface area contributed by atoms with E-state index in [1.54, 1.807) is 19.2 Å². The molecule has 210 valence electrons. The van der Waals surface area contributed by atoms with Crippen molar-refractivity contribution in [3.05, 3.63) is 80.5 Å². The number of amides is 2. The van der Waals surface area contributed by atoms with Crippen molar-refractivity contribution in [2.45, 2.75) is 72.0 Å². The van der Waals surface area contributed by atoms with Crippen molar-refractivity contribution >= 4 is 23.8 Å². The average molecular weight is 544 g/mol. The number of aromatic nitrogens is 2. The zero-order chi connectivity index (χ0) is 29.0. The molecule has 0 bridgehead atoms. The van der Waals surface area contributed by atoms with E-state index in [2.05, 4.69) is 31.6 Å². The van der Waals surface area contributed by atoms with E-state index in [1.165, 1.54) is 0 Å². The number of aldehydes is 1. The van der Waals surface area contributed by atoms with Crippen LogP contribution in [0.1, 0.15) is 75.8 Å². The van der Waals surface area contributed by atoms with Gasteiger partial charge in [0, 0.05) is 66.9 Å². The second kappa shape index (κ2) is 12.3. The van der Waals surface area contributed by atoms with Gasteiger partial charge >= 0.3 is 0 Å². The Labute approximate surface area is 234 Å². The Morgan fingerprint density at radius 1 is 1.07 bits per heavy atom. The number of H-pyrrole nitrogens is 1. The third kappa shape index (κ3) is 6.47. The summed E-state index contributed by atoms with van der Waals surface area (Å²) < 4.78 is 0. The molecule has 9 nitrogen and oxygen atoms in total. The van der Waals surface area contributed by atoms with Gasteiger partial charge in [-0.15, -0.1) is 0 Å². The lowest BCUT2D eigenvalue weighted by Gasteiger charge is -2.37. The van der Waals surface area contributed by atoms with Gasteiger partial charge in [0.25, 0.3) is 11.5 Å². The number of benzene rings is 1. The minimum absolute atomic E-state index is 0.00645. The lowest BCUT2D eigenvalue weighted by atomic mass is 9.89. The molecule has 0 unspecified atom stereocenters. The molecular formula is C31H37N5O4. The third-order valence-electron chi connectivity index (χ3n) is 7.82. The third-order valence-corrected chi connectivity index (χ3v) is 7.82. The molecule has 2 amide bonds. The Balaban J connectivity index is 1.66. The molecule has 1 saturated carbocycles. The average Bonchev–Trinajstić information content (AvgIpc) is 2.92. The maximum atomic E-state index is 13.6. The first-order valence-electron chi connectivity index (χ1n) is 13.6. The molecule has 2 heterocycles. The Morgan fingerprint density at radius 3 is 2.40 bits per heavy atom. The Morgan fingerprint density at radius 2 is 1.80 bits per heavy atom. The zero-order valence-corrected chi connectivity index (χ0v) is 23.8. The number of pyridine rings is 2. The quantitative estimate of drug-likeness (QED) is 0.369. The number of carbonyl (C=O) groups is 3. The number of hydrogen-bond donors (Lipinski definition) is 3. The van der Waals surface area contributed by atoms with E-state index in [1.807, 2.05) is 46.0 Å². The minimum atomic E-state index is -0.278. The summed E-state index contributed by atoms with van der Waals surface area (Å²) in [6.07, 6.45) is 5.94. The molecule has 1 aliphatic carbocycles. The number of anilines is 1. The van der Waals surface area contributed by atoms with Crippen LogP contribution < -0.4 is 21.1 Å². The van der Waals surface area contributed by atoms with E-state index < -0.39 is 0 Å². The van der Waals surface area contributed by atoms with Gasteiger partial charge in [0.2, 0.25) is 5.91 Å². The molecule has 1 aromatic carbocycles. The van der Waals surface area contributed by atoms with Crippen LogP contribution in [0.5, 0.6) is 0 Å². The molecule has 0 aliphatic heterocycles. The monoisotopic (exact) mass is 543 g/mol. The Bertz CT molecular complexity index is 1470. The number of aryl methyl sites for hydroxylation is 2. The van der Waals surface area contributed by atoms with Crippen molar-refractivity contribution in [2.75, 3.05) is 11.9 Å². The van der Waals surface area contributed by atoms with E-state index in [4.69, 9.17) is 0 Å². The smallest absolute Gasteiger partial charge is 0.253 e. The van der Waals surface area contributed by atoms with Crippen molar-refractivity contribution in [1.29, 1.82) is 0 Å². The van der Waals surface area contributed by atoms with Crippen molar-refractivity contribution in [3.63, 3.8) is 0 Å². The molecule has 9 heteroatoms. The highest BCUT2D eigenvalue weighted by Crippen LogP contribution is 2.34. The number of aromatic amines is 1. The van der Waals surface area contributed by atoms with Crippen molar-refractivity contribution in [2.24, 2.45) is 0 Å². The zero-order valence-electron chi connectivity index (χ0n) is 23.8. The number of rotatable bonds is 8. The number of hydrogen-bond acceptors (Lipinski definition) is 6. The van der Waals surface area contributed by atoms with Crippen molar-refractivity contribution in [3.8, 4) is 11.1 Å². The minimum Gasteiger partial charge on any atom is -0.371 e. The topological polar surface area (TPSA) is 124 Å². The first-order chi connectivity index (χ1) is 19.1. The van der Waals surface area contributed by atoms with Gasteiger partial charge in [-0.3, -0.25) is 24.2 Å². The Hall–Kier alpha value is -4.27. The van der Waals surface area contributed by atoms with Gasteiger partial charge < -0.3 is 20.5 Å². The molecule has 0 spiro atoms. The molecule has 1 aliphatic rings. The SMILES string of the molecule is CC(=O)NC1CCC(N(C)c2cc(-c3ccc(C=O)nc3)cc(C(=O)NCc3c(C)cc(C)[nH]c3=O)c2C)CC1. The van der Waals surface area contributed by atoms with Crippen LogP contribution in [0.15, 0.2) is 41.3 Å². The number of carbonyl (C=O) groups excluding carboxylic acids is 3. The van der Waals surface area contributed by atoms with Crippen LogP contribution >= 0.6 is 0 Å². The molecule has 3 aromatic rings. The summed E-state index contributed by atoms with van der Waals surface area (Å²) in [5.74, 6) is -0.284. The molecule has 2 aromatic heterocycles. The van der Waals surface area contributed by atoms with Gasteiger partial charge in [-0.2, -0.15) is 0 Å². The lowest BCUT2D eigenvalue weighted by molar-refractivity contribution is -0.119. The molecule has 1 fully saturated rings. The van der Waals surface area contributed by atoms with E-state index >= 15 is 0 Å². The molecule has 40 heavy (non-hydrogen) atoms. The number of nitrogens with one attached hydrogen (secondary N) is 3. The number of nitrogens with zero attached hydrogens (tertiary/aromatic N) is 2. The summed E-state index contributed by atoms with van der Waals surface area (Å²) >= 11 is 0. The van der Waals surface area contributed by atoms with Gasteiger partial charge in [0.15, 0.2) is 6.29 Å². The Kier molecular flexibility index (Phi) is 8.82. The van der Waals surface area contributed by atoms with E-state index in [9.17, 15) is 19.2 Å². The van der Waals surface area contributed by atoms with Crippen LogP contribution in [0.4, 0.5) is 5.69 Å². The lowest BCUT2D eigenvalue weighted by Crippen LogP contribution is -2.42. The highest BCUT2D eigenvalue weighted by atomic mass is 16.2. The van der Waals surface area contributed by atoms with Crippen molar-refractivity contribution in [1.82, 2.24) is 20.6 Å². The normalized spacial score (nSPS) is 16.7. The van der Waals surface area contributed by atoms with Gasteiger partial charge in [-0.1, -0.05) is 6.07 Å². The van der Waals surface area contributed by atoms with Crippen LogP contribution in [-0.2, 0) is 11.3 Å². The summed E-state index contributed by atoms with van der Waals surface area (Å²) in [5.41, 5.74) is 6.10. The fraction of sp³-hybridized carbons (Fsp3) is 0.387. The second-order valence-corrected chi connectivity index (χ2v) is 10.7. The molecule has 4 rings (SSSR count).